The van der Waals surface area contributed by atoms with Crippen LogP contribution >= 0.6 is 45.2 Å². The molecule has 0 aliphatic carbocycles. The Morgan fingerprint density at radius 3 is 2.00 bits per heavy atom. The summed E-state index contributed by atoms with van der Waals surface area (Å²) in [5.74, 6) is 0. The summed E-state index contributed by atoms with van der Waals surface area (Å²) in [4.78, 5) is 0. The van der Waals surface area contributed by atoms with E-state index in [2.05, 4.69) is 120 Å². The Balaban J connectivity index is 2.06. The molecular weight excluding hydrogens is 494 g/mol. The van der Waals surface area contributed by atoms with Crippen LogP contribution in [-0.2, 0) is 0 Å². The van der Waals surface area contributed by atoms with Crippen LogP contribution < -0.4 is 0 Å². The number of halogens is 2. The maximum atomic E-state index is 2.45. The summed E-state index contributed by atoms with van der Waals surface area (Å²) in [5, 5.41) is 0. The van der Waals surface area contributed by atoms with Gasteiger partial charge in [0.2, 0.25) is 0 Å². The summed E-state index contributed by atoms with van der Waals surface area (Å²) >= 11 is 4.85. The van der Waals surface area contributed by atoms with Crippen molar-refractivity contribution in [1.29, 1.82) is 0 Å². The first-order valence-electron chi connectivity index (χ1n) is 7.18. The maximum Gasteiger partial charge on any atom is 0.0215 e. The van der Waals surface area contributed by atoms with Crippen molar-refractivity contribution >= 4 is 45.2 Å². The Hall–Kier alpha value is -0.880. The Bertz CT molecular complexity index is 818. The van der Waals surface area contributed by atoms with Gasteiger partial charge in [0.1, 0.15) is 0 Å². The van der Waals surface area contributed by atoms with Crippen LogP contribution in [-0.4, -0.2) is 0 Å². The molecule has 0 fully saturated rings. The summed E-state index contributed by atoms with van der Waals surface area (Å²) in [6.07, 6.45) is 0. The molecule has 0 aliphatic rings. The first-order chi connectivity index (χ1) is 10.6. The van der Waals surface area contributed by atoms with Gasteiger partial charge in [-0.05, 0) is 99.0 Å². The van der Waals surface area contributed by atoms with Gasteiger partial charge < -0.3 is 0 Å². The molecule has 0 saturated heterocycles. The van der Waals surface area contributed by atoms with Gasteiger partial charge in [0.15, 0.2) is 0 Å². The van der Waals surface area contributed by atoms with Crippen LogP contribution in [0.2, 0.25) is 0 Å². The Morgan fingerprint density at radius 2 is 1.32 bits per heavy atom. The molecule has 0 unspecified atom stereocenters. The summed E-state index contributed by atoms with van der Waals surface area (Å²) in [6, 6.07) is 22.0. The van der Waals surface area contributed by atoms with Gasteiger partial charge in [-0.15, -0.1) is 0 Å². The zero-order valence-electron chi connectivity index (χ0n) is 12.5. The van der Waals surface area contributed by atoms with Crippen LogP contribution in [0, 0.1) is 21.0 Å². The predicted molar refractivity (Wildman–Crippen MR) is 112 cm³/mol. The fraction of sp³-hybridized carbons (Fsp3) is 0.100. The highest BCUT2D eigenvalue weighted by atomic mass is 127. The number of aryl methyl sites for hydroxylation is 1. The van der Waals surface area contributed by atoms with E-state index in [1.807, 2.05) is 0 Å². The van der Waals surface area contributed by atoms with Gasteiger partial charge in [0, 0.05) is 7.14 Å². The van der Waals surface area contributed by atoms with E-state index in [4.69, 9.17) is 0 Å². The second kappa shape index (κ2) is 6.71. The summed E-state index contributed by atoms with van der Waals surface area (Å²) in [7, 11) is 0. The van der Waals surface area contributed by atoms with Crippen LogP contribution in [0.4, 0.5) is 0 Å². The SMILES string of the molecule is Cc1ccc(-c2ccc(-c3cccc(I)c3C)c(I)c2)cc1. The van der Waals surface area contributed by atoms with Crippen molar-refractivity contribution in [3.63, 3.8) is 0 Å². The van der Waals surface area contributed by atoms with Crippen LogP contribution in [0.5, 0.6) is 0 Å². The molecule has 0 aromatic heterocycles. The molecule has 2 heteroatoms. The molecule has 22 heavy (non-hydrogen) atoms. The summed E-state index contributed by atoms with van der Waals surface area (Å²) in [5.41, 5.74) is 7.83. The minimum atomic E-state index is 1.27. The van der Waals surface area contributed by atoms with E-state index >= 15 is 0 Å². The molecule has 3 aromatic carbocycles. The van der Waals surface area contributed by atoms with Gasteiger partial charge in [-0.3, -0.25) is 0 Å². The molecular formula is C20H16I2. The standard InChI is InChI=1S/C20H16I2/c1-13-6-8-15(9-7-13)16-10-11-18(20(22)12-16)17-4-3-5-19(21)14(17)2/h3-12H,1-2H3. The molecule has 3 rings (SSSR count). The number of hydrogen-bond acceptors (Lipinski definition) is 0. The normalized spacial score (nSPS) is 10.7. The maximum absolute atomic E-state index is 2.45. The highest BCUT2D eigenvalue weighted by Gasteiger charge is 2.09. The quantitative estimate of drug-likeness (QED) is 0.331. The van der Waals surface area contributed by atoms with Gasteiger partial charge >= 0.3 is 0 Å². The highest BCUT2D eigenvalue weighted by molar-refractivity contribution is 14.1. The third-order valence-electron chi connectivity index (χ3n) is 3.91. The number of rotatable bonds is 2. The highest BCUT2D eigenvalue weighted by Crippen LogP contribution is 2.33. The van der Waals surface area contributed by atoms with Crippen molar-refractivity contribution in [1.82, 2.24) is 0 Å². The van der Waals surface area contributed by atoms with E-state index in [-0.39, 0.29) is 0 Å². The van der Waals surface area contributed by atoms with Gasteiger partial charge in [-0.1, -0.05) is 54.1 Å². The zero-order valence-corrected chi connectivity index (χ0v) is 16.8. The molecule has 0 atom stereocenters. The van der Waals surface area contributed by atoms with Crippen LogP contribution in [0.1, 0.15) is 11.1 Å². The van der Waals surface area contributed by atoms with Gasteiger partial charge in [-0.2, -0.15) is 0 Å². The Labute approximate surface area is 159 Å². The Kier molecular flexibility index (Phi) is 4.88. The van der Waals surface area contributed by atoms with E-state index in [1.54, 1.807) is 0 Å². The molecule has 0 spiro atoms. The van der Waals surface area contributed by atoms with Gasteiger partial charge in [0.25, 0.3) is 0 Å². The van der Waals surface area contributed by atoms with Gasteiger partial charge in [0.05, 0.1) is 0 Å². The van der Waals surface area contributed by atoms with E-state index in [0.29, 0.717) is 0 Å². The van der Waals surface area contributed by atoms with Crippen LogP contribution in [0.15, 0.2) is 60.7 Å². The molecule has 0 radical (unpaired) electrons. The lowest BCUT2D eigenvalue weighted by Gasteiger charge is -2.12. The molecule has 0 N–H and O–H groups in total. The third-order valence-corrected chi connectivity index (χ3v) is 5.97. The van der Waals surface area contributed by atoms with E-state index < -0.39 is 0 Å². The predicted octanol–water partition coefficient (Wildman–Crippen LogP) is 6.85. The largest absolute Gasteiger partial charge is 0.0606 e. The molecule has 0 aliphatic heterocycles. The lowest BCUT2D eigenvalue weighted by atomic mass is 9.97. The number of benzene rings is 3. The average molecular weight is 510 g/mol. The molecule has 0 saturated carbocycles. The minimum Gasteiger partial charge on any atom is -0.0606 e. The van der Waals surface area contributed by atoms with Crippen LogP contribution in [0.25, 0.3) is 22.3 Å². The fourth-order valence-corrected chi connectivity index (χ4v) is 3.86. The van der Waals surface area contributed by atoms with E-state index in [1.165, 1.54) is 40.5 Å². The van der Waals surface area contributed by atoms with Crippen molar-refractivity contribution < 1.29 is 0 Å². The van der Waals surface area contributed by atoms with Gasteiger partial charge in [-0.25, -0.2) is 0 Å². The first-order valence-corrected chi connectivity index (χ1v) is 9.34. The lowest BCUT2D eigenvalue weighted by Crippen LogP contribution is -1.90. The topological polar surface area (TPSA) is 0 Å². The van der Waals surface area contributed by atoms with Crippen molar-refractivity contribution in [3.8, 4) is 22.3 Å². The molecule has 0 nitrogen and oxygen atoms in total. The average Bonchev–Trinajstić information content (AvgIpc) is 2.51. The molecule has 110 valence electrons. The van der Waals surface area contributed by atoms with E-state index in [9.17, 15) is 0 Å². The molecule has 0 heterocycles. The van der Waals surface area contributed by atoms with Crippen molar-refractivity contribution in [2.24, 2.45) is 0 Å². The lowest BCUT2D eigenvalue weighted by molar-refractivity contribution is 1.41. The molecule has 0 amide bonds. The van der Waals surface area contributed by atoms with Crippen molar-refractivity contribution in [3.05, 3.63) is 78.9 Å². The van der Waals surface area contributed by atoms with Crippen LogP contribution in [0.3, 0.4) is 0 Å². The zero-order chi connectivity index (χ0) is 15.7. The minimum absolute atomic E-state index is 1.27. The molecule has 0 bridgehead atoms. The Morgan fingerprint density at radius 1 is 0.636 bits per heavy atom. The summed E-state index contributed by atoms with van der Waals surface area (Å²) < 4.78 is 2.61. The fourth-order valence-electron chi connectivity index (χ4n) is 2.56. The second-order valence-corrected chi connectivity index (χ2v) is 7.80. The monoisotopic (exact) mass is 510 g/mol. The smallest absolute Gasteiger partial charge is 0.0215 e. The molecule has 3 aromatic rings. The summed E-state index contributed by atoms with van der Waals surface area (Å²) in [6.45, 7) is 4.32. The van der Waals surface area contributed by atoms with Crippen molar-refractivity contribution in [2.45, 2.75) is 13.8 Å². The van der Waals surface area contributed by atoms with Crippen molar-refractivity contribution in [2.75, 3.05) is 0 Å². The third kappa shape index (κ3) is 3.23. The van der Waals surface area contributed by atoms with E-state index in [0.717, 1.165) is 0 Å². The second-order valence-electron chi connectivity index (χ2n) is 5.47. The first kappa shape index (κ1) is 16.0. The number of hydrogen-bond donors (Lipinski definition) is 0.